The Kier molecular flexibility index (Phi) is 10.1. The molecule has 11 heteroatoms. The van der Waals surface area contributed by atoms with Crippen molar-refractivity contribution in [3.8, 4) is 0 Å². The average Bonchev–Trinajstić information content (AvgIpc) is 3.62. The summed E-state index contributed by atoms with van der Waals surface area (Å²) in [5.74, 6) is -3.42. The zero-order valence-electron chi connectivity index (χ0n) is 24.2. The second-order valence-electron chi connectivity index (χ2n) is 11.1. The smallest absolute Gasteiger partial charge is 0.312 e. The van der Waals surface area contributed by atoms with Crippen molar-refractivity contribution in [1.29, 1.82) is 0 Å². The number of likely N-dealkylation sites (tertiary alicyclic amines) is 1. The SMILES string of the molecule is C=CCCC(=O)NC[C@H](C)OC(=O)[C@@H]1[C@H]2C(=O)N([C@@H](CC)CO)[C@H](C(=O)N(CC=C)c3ccc(Cl)cc3)[C@]23CC[C@H]1O3. The number of nitrogens with one attached hydrogen (secondary N) is 1. The van der Waals surface area contributed by atoms with E-state index in [1.165, 1.54) is 9.80 Å². The van der Waals surface area contributed by atoms with Gasteiger partial charge in [0.05, 0.1) is 37.1 Å². The molecule has 0 saturated carbocycles. The van der Waals surface area contributed by atoms with Crippen LogP contribution in [0.5, 0.6) is 0 Å². The van der Waals surface area contributed by atoms with Gasteiger partial charge in [-0.25, -0.2) is 0 Å². The lowest BCUT2D eigenvalue weighted by atomic mass is 9.70. The topological polar surface area (TPSA) is 125 Å². The van der Waals surface area contributed by atoms with E-state index in [-0.39, 0.29) is 37.9 Å². The number of halogens is 1. The van der Waals surface area contributed by atoms with Crippen LogP contribution in [0.3, 0.4) is 0 Å². The van der Waals surface area contributed by atoms with Gasteiger partial charge in [0, 0.05) is 23.7 Å². The first-order valence-electron chi connectivity index (χ1n) is 14.5. The zero-order valence-corrected chi connectivity index (χ0v) is 24.9. The predicted molar refractivity (Wildman–Crippen MR) is 158 cm³/mol. The number of allylic oxidation sites excluding steroid dienone is 1. The summed E-state index contributed by atoms with van der Waals surface area (Å²) in [5.41, 5.74) is -0.680. The van der Waals surface area contributed by atoms with Crippen LogP contribution in [0, 0.1) is 11.8 Å². The molecule has 1 aromatic carbocycles. The second kappa shape index (κ2) is 13.4. The first-order chi connectivity index (χ1) is 20.1. The molecule has 1 spiro atoms. The molecule has 3 aliphatic rings. The molecular weight excluding hydrogens is 562 g/mol. The van der Waals surface area contributed by atoms with Gasteiger partial charge in [0.2, 0.25) is 11.8 Å². The highest BCUT2D eigenvalue weighted by Crippen LogP contribution is 2.59. The number of nitrogens with zero attached hydrogens (tertiary/aromatic N) is 2. The quantitative estimate of drug-likeness (QED) is 0.248. The largest absolute Gasteiger partial charge is 0.460 e. The van der Waals surface area contributed by atoms with Crippen LogP contribution in [0.4, 0.5) is 5.69 Å². The van der Waals surface area contributed by atoms with Gasteiger partial charge in [-0.05, 0) is 56.9 Å². The molecular formula is C31H40ClN3O7. The van der Waals surface area contributed by atoms with Crippen LogP contribution < -0.4 is 10.2 Å². The van der Waals surface area contributed by atoms with Crippen molar-refractivity contribution in [3.05, 3.63) is 54.6 Å². The van der Waals surface area contributed by atoms with E-state index < -0.39 is 53.6 Å². The third-order valence-electron chi connectivity index (χ3n) is 8.52. The molecule has 0 aromatic heterocycles. The first kappa shape index (κ1) is 31.7. The predicted octanol–water partition coefficient (Wildman–Crippen LogP) is 3.02. The molecule has 228 valence electrons. The van der Waals surface area contributed by atoms with Crippen molar-refractivity contribution in [2.45, 2.75) is 75.8 Å². The van der Waals surface area contributed by atoms with Crippen LogP contribution in [-0.2, 0) is 28.7 Å². The number of hydrogen-bond acceptors (Lipinski definition) is 7. The summed E-state index contributed by atoms with van der Waals surface area (Å²) in [7, 11) is 0. The standard InChI is InChI=1S/C31H40ClN3O7/c1-5-8-9-24(37)33-17-19(4)41-30(40)25-23-14-15-31(42-23)26(25)28(38)35(21(7-3)18-36)27(31)29(39)34(16-6-2)22-12-10-20(32)11-13-22/h5-6,10-13,19,21,23,25-27,36H,1-2,7-9,14-18H2,3-4H3,(H,33,37)/t19-,21-,23+,25-,26-,27+,31-/m0/s1. The Morgan fingerprint density at radius 2 is 2.00 bits per heavy atom. The molecule has 2 N–H and O–H groups in total. The first-order valence-corrected chi connectivity index (χ1v) is 14.9. The number of benzene rings is 1. The highest BCUT2D eigenvalue weighted by atomic mass is 35.5. The highest BCUT2D eigenvalue weighted by Gasteiger charge is 2.75. The van der Waals surface area contributed by atoms with Gasteiger partial charge in [-0.3, -0.25) is 19.2 Å². The monoisotopic (exact) mass is 601 g/mol. The van der Waals surface area contributed by atoms with Gasteiger partial charge in [0.15, 0.2) is 0 Å². The van der Waals surface area contributed by atoms with Crippen molar-refractivity contribution >= 4 is 41.0 Å². The lowest BCUT2D eigenvalue weighted by molar-refractivity contribution is -0.159. The van der Waals surface area contributed by atoms with Crippen LogP contribution in [0.25, 0.3) is 0 Å². The number of amides is 3. The van der Waals surface area contributed by atoms with Gasteiger partial charge in [-0.15, -0.1) is 13.2 Å². The maximum Gasteiger partial charge on any atom is 0.312 e. The molecule has 0 aliphatic carbocycles. The van der Waals surface area contributed by atoms with Gasteiger partial charge < -0.3 is 29.7 Å². The Morgan fingerprint density at radius 1 is 1.29 bits per heavy atom. The second-order valence-corrected chi connectivity index (χ2v) is 11.6. The summed E-state index contributed by atoms with van der Waals surface area (Å²) in [6.07, 6.45) is 4.13. The zero-order chi connectivity index (χ0) is 30.6. The number of aliphatic hydroxyl groups excluding tert-OH is 1. The molecule has 0 radical (unpaired) electrons. The van der Waals surface area contributed by atoms with Gasteiger partial charge in [0.1, 0.15) is 17.7 Å². The fourth-order valence-electron chi connectivity index (χ4n) is 6.56. The van der Waals surface area contributed by atoms with Crippen LogP contribution in [0.2, 0.25) is 5.02 Å². The molecule has 0 unspecified atom stereocenters. The summed E-state index contributed by atoms with van der Waals surface area (Å²) >= 11 is 6.09. The van der Waals surface area contributed by atoms with Crippen molar-refractivity contribution in [1.82, 2.24) is 10.2 Å². The van der Waals surface area contributed by atoms with Crippen molar-refractivity contribution in [2.24, 2.45) is 11.8 Å². The summed E-state index contributed by atoms with van der Waals surface area (Å²) < 4.78 is 12.2. The Balaban J connectivity index is 1.63. The molecule has 3 saturated heterocycles. The maximum absolute atomic E-state index is 14.4. The van der Waals surface area contributed by atoms with Crippen LogP contribution in [0.1, 0.15) is 46.0 Å². The van der Waals surface area contributed by atoms with E-state index in [0.29, 0.717) is 36.4 Å². The third-order valence-corrected chi connectivity index (χ3v) is 8.77. The number of carbonyl (C=O) groups is 4. The van der Waals surface area contributed by atoms with E-state index in [0.717, 1.165) is 0 Å². The van der Waals surface area contributed by atoms with Gasteiger partial charge in [0.25, 0.3) is 5.91 Å². The summed E-state index contributed by atoms with van der Waals surface area (Å²) in [5, 5.41) is 13.5. The molecule has 1 aromatic rings. The highest BCUT2D eigenvalue weighted by molar-refractivity contribution is 6.30. The molecule has 3 aliphatic heterocycles. The molecule has 7 atom stereocenters. The number of hydrogen-bond donors (Lipinski definition) is 2. The molecule has 10 nitrogen and oxygen atoms in total. The van der Waals surface area contributed by atoms with E-state index in [2.05, 4.69) is 18.5 Å². The number of carbonyl (C=O) groups excluding carboxylic acids is 4. The van der Waals surface area contributed by atoms with Gasteiger partial charge >= 0.3 is 5.97 Å². The van der Waals surface area contributed by atoms with E-state index in [4.69, 9.17) is 21.1 Å². The fourth-order valence-corrected chi connectivity index (χ4v) is 6.69. The fraction of sp³-hybridized carbons (Fsp3) is 0.548. The summed E-state index contributed by atoms with van der Waals surface area (Å²) in [6.45, 7) is 10.8. The third kappa shape index (κ3) is 5.85. The summed E-state index contributed by atoms with van der Waals surface area (Å²) in [6, 6.07) is 5.07. The molecule has 3 heterocycles. The number of esters is 1. The molecule has 2 bridgehead atoms. The minimum atomic E-state index is -1.25. The van der Waals surface area contributed by atoms with Crippen molar-refractivity contribution in [3.63, 3.8) is 0 Å². The lowest BCUT2D eigenvalue weighted by Crippen LogP contribution is -2.59. The van der Waals surface area contributed by atoms with Crippen LogP contribution >= 0.6 is 11.6 Å². The van der Waals surface area contributed by atoms with E-state index in [1.807, 2.05) is 6.92 Å². The minimum absolute atomic E-state index is 0.122. The van der Waals surface area contributed by atoms with Crippen LogP contribution in [0.15, 0.2) is 49.6 Å². The van der Waals surface area contributed by atoms with Crippen molar-refractivity contribution < 1.29 is 33.8 Å². The normalized spacial score (nSPS) is 27.2. The molecule has 3 amide bonds. The van der Waals surface area contributed by atoms with Gasteiger partial charge in [-0.2, -0.15) is 0 Å². The van der Waals surface area contributed by atoms with E-state index >= 15 is 0 Å². The number of anilines is 1. The van der Waals surface area contributed by atoms with E-state index in [1.54, 1.807) is 43.3 Å². The Bertz CT molecular complexity index is 1200. The molecule has 3 fully saturated rings. The number of fused-ring (bicyclic) bond motifs is 1. The Morgan fingerprint density at radius 3 is 2.62 bits per heavy atom. The van der Waals surface area contributed by atoms with Crippen molar-refractivity contribution in [2.75, 3.05) is 24.6 Å². The Hall–Kier alpha value is -3.21. The minimum Gasteiger partial charge on any atom is -0.460 e. The number of rotatable bonds is 14. The summed E-state index contributed by atoms with van der Waals surface area (Å²) in [4.78, 5) is 57.1. The molecule has 42 heavy (non-hydrogen) atoms. The van der Waals surface area contributed by atoms with E-state index in [9.17, 15) is 24.3 Å². The maximum atomic E-state index is 14.4. The molecule has 4 rings (SSSR count). The number of aliphatic hydroxyl groups is 1. The van der Waals surface area contributed by atoms with Crippen LogP contribution in [-0.4, -0.2) is 83.3 Å². The number of ether oxygens (including phenoxy) is 2. The average molecular weight is 602 g/mol. The van der Waals surface area contributed by atoms with Gasteiger partial charge in [-0.1, -0.05) is 30.7 Å². The Labute approximate surface area is 251 Å². The lowest BCUT2D eigenvalue weighted by Gasteiger charge is -2.39.